The molecule has 0 saturated heterocycles. The first kappa shape index (κ1) is 25.8. The molecule has 180 valence electrons. The van der Waals surface area contributed by atoms with Crippen LogP contribution in [0.3, 0.4) is 0 Å². The molecule has 0 heterocycles. The van der Waals surface area contributed by atoms with E-state index < -0.39 is 0 Å². The lowest BCUT2D eigenvalue weighted by Gasteiger charge is -2.45. The molecule has 0 N–H and O–H groups in total. The second kappa shape index (κ2) is 13.1. The van der Waals surface area contributed by atoms with E-state index in [2.05, 4.69) is 68.5 Å². The molecule has 3 rings (SSSR count). The molecule has 2 nitrogen and oxygen atoms in total. The van der Waals surface area contributed by atoms with Crippen molar-refractivity contribution in [2.75, 3.05) is 6.61 Å². The van der Waals surface area contributed by atoms with Crippen molar-refractivity contribution in [3.63, 3.8) is 0 Å². The van der Waals surface area contributed by atoms with Crippen LogP contribution in [0, 0.1) is 22.7 Å². The lowest BCUT2D eigenvalue weighted by atomic mass is 9.64. The van der Waals surface area contributed by atoms with Crippen molar-refractivity contribution in [3.8, 4) is 6.07 Å². The second-order valence-electron chi connectivity index (χ2n) is 10.4. The van der Waals surface area contributed by atoms with E-state index in [1.54, 1.807) is 0 Å². The van der Waals surface area contributed by atoms with E-state index in [4.69, 9.17) is 4.74 Å². The number of hydrogen-bond acceptors (Lipinski definition) is 2. The summed E-state index contributed by atoms with van der Waals surface area (Å²) in [5, 5.41) is 9.95. The maximum absolute atomic E-state index is 9.95. The summed E-state index contributed by atoms with van der Waals surface area (Å²) in [5.74, 6) is 0.505. The van der Waals surface area contributed by atoms with Gasteiger partial charge in [0, 0.05) is 6.61 Å². The maximum atomic E-state index is 9.95. The molecule has 1 aromatic carbocycles. The first-order chi connectivity index (χ1) is 16.2. The second-order valence-corrected chi connectivity index (χ2v) is 10.4. The molecule has 1 fully saturated rings. The Bertz CT molecular complexity index is 794. The van der Waals surface area contributed by atoms with Crippen LogP contribution >= 0.6 is 0 Å². The van der Waals surface area contributed by atoms with Crippen LogP contribution < -0.4 is 0 Å². The van der Waals surface area contributed by atoms with Gasteiger partial charge in [-0.25, -0.2) is 0 Å². The number of benzene rings is 1. The number of unbranched alkanes of at least 4 members (excludes halogenated alkanes) is 6. The summed E-state index contributed by atoms with van der Waals surface area (Å²) in [4.78, 5) is 0. The van der Waals surface area contributed by atoms with Crippen molar-refractivity contribution < 1.29 is 4.74 Å². The number of allylic oxidation sites excluding steroid dienone is 2. The molecule has 1 saturated carbocycles. The third kappa shape index (κ3) is 7.07. The van der Waals surface area contributed by atoms with E-state index in [-0.39, 0.29) is 11.0 Å². The predicted molar refractivity (Wildman–Crippen MR) is 140 cm³/mol. The van der Waals surface area contributed by atoms with Crippen molar-refractivity contribution in [1.29, 1.82) is 5.26 Å². The van der Waals surface area contributed by atoms with Crippen molar-refractivity contribution in [3.05, 3.63) is 54.1 Å². The van der Waals surface area contributed by atoms with Gasteiger partial charge in [0.25, 0.3) is 0 Å². The minimum absolute atomic E-state index is 0.101. The van der Waals surface area contributed by atoms with Crippen molar-refractivity contribution in [2.24, 2.45) is 11.3 Å². The Kier molecular flexibility index (Phi) is 10.3. The Balaban J connectivity index is 1.65. The van der Waals surface area contributed by atoms with Gasteiger partial charge in [0.05, 0.1) is 17.1 Å². The SMILES string of the molecule is CCCCCCCCO[C@]1([C@H]2CC[C@@](C#N)(CCCC)CC2)C=CC(c2ccccc2)=CC1. The zero-order valence-electron chi connectivity index (χ0n) is 21.2. The summed E-state index contributed by atoms with van der Waals surface area (Å²) in [6.45, 7) is 5.35. The Morgan fingerprint density at radius 1 is 0.939 bits per heavy atom. The lowest BCUT2D eigenvalue weighted by Crippen LogP contribution is -2.43. The van der Waals surface area contributed by atoms with Crippen molar-refractivity contribution in [2.45, 2.75) is 109 Å². The molecule has 0 aromatic heterocycles. The lowest BCUT2D eigenvalue weighted by molar-refractivity contribution is -0.0685. The van der Waals surface area contributed by atoms with Crippen LogP contribution in [0.1, 0.15) is 109 Å². The van der Waals surface area contributed by atoms with Gasteiger partial charge < -0.3 is 4.74 Å². The number of nitriles is 1. The van der Waals surface area contributed by atoms with Crippen molar-refractivity contribution >= 4 is 5.57 Å². The molecule has 0 unspecified atom stereocenters. The van der Waals surface area contributed by atoms with E-state index in [1.165, 1.54) is 56.1 Å². The summed E-state index contributed by atoms with van der Waals surface area (Å²) in [5.41, 5.74) is 2.29. The standard InChI is InChI=1S/C31H45NO/c1-3-5-7-8-9-13-25-33-31(23-16-28(17-24-31)27-14-11-10-12-15-27)29-18-21-30(26-32,22-19-29)20-6-4-2/h10-12,14-17,23,29H,3-9,13,18-22,24-25H2,1-2H3/t29-,30-,31-/m1/s1. The average molecular weight is 448 g/mol. The molecule has 1 atom stereocenters. The molecule has 0 amide bonds. The van der Waals surface area contributed by atoms with Gasteiger partial charge in [-0.15, -0.1) is 0 Å². The van der Waals surface area contributed by atoms with Crippen LogP contribution in [-0.4, -0.2) is 12.2 Å². The highest BCUT2D eigenvalue weighted by Crippen LogP contribution is 2.48. The largest absolute Gasteiger partial charge is 0.370 e. The average Bonchev–Trinajstić information content (AvgIpc) is 2.88. The third-order valence-corrected chi connectivity index (χ3v) is 8.04. The smallest absolute Gasteiger partial charge is 0.0928 e. The van der Waals surface area contributed by atoms with E-state index >= 15 is 0 Å². The van der Waals surface area contributed by atoms with E-state index in [0.717, 1.165) is 51.6 Å². The normalized spacial score (nSPS) is 27.2. The van der Waals surface area contributed by atoms with Crippen LogP contribution in [0.2, 0.25) is 0 Å². The minimum atomic E-state index is -0.200. The monoisotopic (exact) mass is 447 g/mol. The highest BCUT2D eigenvalue weighted by molar-refractivity contribution is 5.75. The number of nitrogens with zero attached hydrogens (tertiary/aromatic N) is 1. The molecule has 0 aliphatic heterocycles. The quantitative estimate of drug-likeness (QED) is 0.282. The van der Waals surface area contributed by atoms with Crippen LogP contribution in [0.15, 0.2) is 48.6 Å². The summed E-state index contributed by atoms with van der Waals surface area (Å²) in [6, 6.07) is 13.4. The fraction of sp³-hybridized carbons (Fsp3) is 0.645. The van der Waals surface area contributed by atoms with Crippen LogP contribution in [0.4, 0.5) is 0 Å². The molecule has 0 spiro atoms. The van der Waals surface area contributed by atoms with E-state index in [1.807, 2.05) is 0 Å². The van der Waals surface area contributed by atoms with Gasteiger partial charge in [0.15, 0.2) is 0 Å². The van der Waals surface area contributed by atoms with Gasteiger partial charge in [-0.3, -0.25) is 0 Å². The van der Waals surface area contributed by atoms with Gasteiger partial charge >= 0.3 is 0 Å². The van der Waals surface area contributed by atoms with E-state index in [0.29, 0.717) is 5.92 Å². The topological polar surface area (TPSA) is 33.0 Å². The molecule has 2 aliphatic rings. The predicted octanol–water partition coefficient (Wildman–Crippen LogP) is 9.04. The first-order valence-electron chi connectivity index (χ1n) is 13.7. The molecule has 33 heavy (non-hydrogen) atoms. The zero-order valence-corrected chi connectivity index (χ0v) is 21.2. The minimum Gasteiger partial charge on any atom is -0.370 e. The zero-order chi connectivity index (χ0) is 23.4. The third-order valence-electron chi connectivity index (χ3n) is 8.04. The highest BCUT2D eigenvalue weighted by atomic mass is 16.5. The van der Waals surface area contributed by atoms with E-state index in [9.17, 15) is 5.26 Å². The molecule has 2 heteroatoms. The highest BCUT2D eigenvalue weighted by Gasteiger charge is 2.44. The fourth-order valence-corrected chi connectivity index (χ4v) is 5.75. The molecular formula is C31H45NO. The van der Waals surface area contributed by atoms with Crippen LogP contribution in [0.5, 0.6) is 0 Å². The Hall–Kier alpha value is -1.85. The summed E-state index contributed by atoms with van der Waals surface area (Å²) in [7, 11) is 0. The van der Waals surface area contributed by atoms with Crippen LogP contribution in [0.25, 0.3) is 5.57 Å². The Morgan fingerprint density at radius 3 is 2.27 bits per heavy atom. The maximum Gasteiger partial charge on any atom is 0.0928 e. The summed E-state index contributed by atoms with van der Waals surface area (Å²) >= 11 is 0. The first-order valence-corrected chi connectivity index (χ1v) is 13.7. The Morgan fingerprint density at radius 2 is 1.64 bits per heavy atom. The summed E-state index contributed by atoms with van der Waals surface area (Å²) < 4.78 is 6.77. The van der Waals surface area contributed by atoms with Gasteiger partial charge in [-0.1, -0.05) is 107 Å². The Labute approximate surface area is 203 Å². The van der Waals surface area contributed by atoms with Gasteiger partial charge in [0.2, 0.25) is 0 Å². The molecular weight excluding hydrogens is 402 g/mol. The number of ether oxygens (including phenoxy) is 1. The van der Waals surface area contributed by atoms with Gasteiger partial charge in [-0.2, -0.15) is 5.26 Å². The molecule has 0 bridgehead atoms. The molecule has 1 aromatic rings. The van der Waals surface area contributed by atoms with Gasteiger partial charge in [0.1, 0.15) is 0 Å². The fourth-order valence-electron chi connectivity index (χ4n) is 5.75. The van der Waals surface area contributed by atoms with Gasteiger partial charge in [-0.05, 0) is 62.0 Å². The van der Waals surface area contributed by atoms with Crippen LogP contribution in [-0.2, 0) is 4.74 Å². The molecule has 0 radical (unpaired) electrons. The number of rotatable bonds is 13. The molecule has 2 aliphatic carbocycles. The summed E-state index contributed by atoms with van der Waals surface area (Å²) in [6.07, 6.45) is 23.4. The number of hydrogen-bond donors (Lipinski definition) is 0. The van der Waals surface area contributed by atoms with Crippen molar-refractivity contribution in [1.82, 2.24) is 0 Å².